The average Bonchev–Trinajstić information content (AvgIpc) is 3.10. The summed E-state index contributed by atoms with van der Waals surface area (Å²) in [6.45, 7) is 0.424. The Kier molecular flexibility index (Phi) is 7.55. The van der Waals surface area contributed by atoms with Crippen LogP contribution in [-0.2, 0) is 4.79 Å². The smallest absolute Gasteiger partial charge is 0.252 e. The highest BCUT2D eigenvalue weighted by Crippen LogP contribution is 2.27. The molecule has 3 N–H and O–H groups in total. The molecule has 1 heterocycles. The third kappa shape index (κ3) is 5.95. The first kappa shape index (κ1) is 17.9. The lowest BCUT2D eigenvalue weighted by molar-refractivity contribution is -0.122. The largest absolute Gasteiger partial charge is 0.396 e. The number of aliphatic hydroxyl groups excluding tert-OH is 1. The number of aliphatic hydroxyl groups is 1. The molecule has 1 aliphatic rings. The Hall–Kier alpha value is -1.40. The van der Waals surface area contributed by atoms with Crippen molar-refractivity contribution in [1.29, 1.82) is 0 Å². The quantitative estimate of drug-likeness (QED) is 0.681. The van der Waals surface area contributed by atoms with E-state index in [4.69, 9.17) is 0 Å². The SMILES string of the molecule is O=C(CCNC(=O)c1ccsc1)NC(CCO)C1CCCCC1. The molecule has 5 nitrogen and oxygen atoms in total. The number of rotatable bonds is 8. The summed E-state index contributed by atoms with van der Waals surface area (Å²) >= 11 is 1.47. The van der Waals surface area contributed by atoms with Crippen LogP contribution < -0.4 is 10.6 Å². The van der Waals surface area contributed by atoms with Crippen LogP contribution in [0.25, 0.3) is 0 Å². The predicted molar refractivity (Wildman–Crippen MR) is 91.5 cm³/mol. The molecule has 2 amide bonds. The monoisotopic (exact) mass is 338 g/mol. The summed E-state index contributed by atoms with van der Waals surface area (Å²) < 4.78 is 0. The topological polar surface area (TPSA) is 78.4 Å². The Balaban J connectivity index is 1.72. The average molecular weight is 338 g/mol. The van der Waals surface area contributed by atoms with Crippen molar-refractivity contribution in [2.75, 3.05) is 13.2 Å². The number of thiophene rings is 1. The fourth-order valence-corrected chi connectivity index (χ4v) is 3.80. The van der Waals surface area contributed by atoms with E-state index >= 15 is 0 Å². The summed E-state index contributed by atoms with van der Waals surface area (Å²) in [4.78, 5) is 23.9. The molecule has 1 aromatic heterocycles. The van der Waals surface area contributed by atoms with Crippen molar-refractivity contribution in [1.82, 2.24) is 10.6 Å². The van der Waals surface area contributed by atoms with Gasteiger partial charge in [0.1, 0.15) is 0 Å². The first-order chi connectivity index (χ1) is 11.2. The Morgan fingerprint density at radius 1 is 1.30 bits per heavy atom. The van der Waals surface area contributed by atoms with Gasteiger partial charge in [0, 0.05) is 36.6 Å². The lowest BCUT2D eigenvalue weighted by Crippen LogP contribution is -2.42. The molecule has 0 radical (unpaired) electrons. The van der Waals surface area contributed by atoms with Crippen molar-refractivity contribution in [2.24, 2.45) is 5.92 Å². The van der Waals surface area contributed by atoms with E-state index in [2.05, 4.69) is 10.6 Å². The van der Waals surface area contributed by atoms with E-state index in [9.17, 15) is 14.7 Å². The zero-order valence-electron chi connectivity index (χ0n) is 13.4. The van der Waals surface area contributed by atoms with E-state index < -0.39 is 0 Å². The molecule has 0 spiro atoms. The molecule has 23 heavy (non-hydrogen) atoms. The molecule has 1 aliphatic carbocycles. The zero-order valence-corrected chi connectivity index (χ0v) is 14.2. The van der Waals surface area contributed by atoms with E-state index in [1.807, 2.05) is 5.38 Å². The third-order valence-corrected chi connectivity index (χ3v) is 5.11. The van der Waals surface area contributed by atoms with Crippen LogP contribution in [0.5, 0.6) is 0 Å². The summed E-state index contributed by atoms with van der Waals surface area (Å²) in [5, 5.41) is 18.7. The molecule has 0 aromatic carbocycles. The molecule has 0 bridgehead atoms. The van der Waals surface area contributed by atoms with Gasteiger partial charge in [-0.1, -0.05) is 19.3 Å². The second-order valence-electron chi connectivity index (χ2n) is 6.10. The van der Waals surface area contributed by atoms with Crippen LogP contribution in [-0.4, -0.2) is 36.1 Å². The first-order valence-electron chi connectivity index (χ1n) is 8.41. The second-order valence-corrected chi connectivity index (χ2v) is 6.88. The Morgan fingerprint density at radius 3 is 2.74 bits per heavy atom. The highest BCUT2D eigenvalue weighted by atomic mass is 32.1. The molecular formula is C17H26N2O3S. The van der Waals surface area contributed by atoms with Crippen molar-refractivity contribution >= 4 is 23.2 Å². The van der Waals surface area contributed by atoms with E-state index in [-0.39, 0.29) is 30.9 Å². The van der Waals surface area contributed by atoms with Crippen LogP contribution in [0.15, 0.2) is 16.8 Å². The van der Waals surface area contributed by atoms with Gasteiger partial charge in [0.25, 0.3) is 5.91 Å². The van der Waals surface area contributed by atoms with E-state index in [1.165, 1.54) is 30.6 Å². The third-order valence-electron chi connectivity index (χ3n) is 4.43. The van der Waals surface area contributed by atoms with Crippen LogP contribution in [0.2, 0.25) is 0 Å². The fourth-order valence-electron chi connectivity index (χ4n) is 3.17. The van der Waals surface area contributed by atoms with Crippen LogP contribution >= 0.6 is 11.3 Å². The van der Waals surface area contributed by atoms with Gasteiger partial charge in [-0.25, -0.2) is 0 Å². The number of hydrogen-bond donors (Lipinski definition) is 3. The van der Waals surface area contributed by atoms with Crippen LogP contribution in [0.3, 0.4) is 0 Å². The van der Waals surface area contributed by atoms with Gasteiger partial charge in [-0.15, -0.1) is 0 Å². The number of nitrogens with one attached hydrogen (secondary N) is 2. The first-order valence-corrected chi connectivity index (χ1v) is 9.35. The maximum absolute atomic E-state index is 12.1. The molecule has 2 rings (SSSR count). The van der Waals surface area contributed by atoms with Crippen molar-refractivity contribution in [3.05, 3.63) is 22.4 Å². The minimum absolute atomic E-state index is 0.0559. The highest BCUT2D eigenvalue weighted by molar-refractivity contribution is 7.08. The van der Waals surface area contributed by atoms with Crippen molar-refractivity contribution < 1.29 is 14.7 Å². The lowest BCUT2D eigenvalue weighted by atomic mass is 9.82. The summed E-state index contributed by atoms with van der Waals surface area (Å²) in [5.41, 5.74) is 0.635. The molecule has 128 valence electrons. The zero-order chi connectivity index (χ0) is 16.5. The van der Waals surface area contributed by atoms with Crippen LogP contribution in [0, 0.1) is 5.92 Å². The molecule has 0 saturated heterocycles. The van der Waals surface area contributed by atoms with Gasteiger partial charge in [-0.3, -0.25) is 9.59 Å². The summed E-state index contributed by atoms with van der Waals surface area (Å²) in [5.74, 6) is 0.276. The van der Waals surface area contributed by atoms with Crippen molar-refractivity contribution in [3.8, 4) is 0 Å². The van der Waals surface area contributed by atoms with Gasteiger partial charge in [-0.05, 0) is 36.6 Å². The van der Waals surface area contributed by atoms with E-state index in [1.54, 1.807) is 11.4 Å². The summed E-state index contributed by atoms with van der Waals surface area (Å²) in [6.07, 6.45) is 6.81. The number of carbonyl (C=O) groups is 2. The molecule has 1 atom stereocenters. The predicted octanol–water partition coefficient (Wildman–Crippen LogP) is 2.32. The Bertz CT molecular complexity index is 484. The van der Waals surface area contributed by atoms with Gasteiger partial charge in [0.15, 0.2) is 0 Å². The lowest BCUT2D eigenvalue weighted by Gasteiger charge is -2.30. The fraction of sp³-hybridized carbons (Fsp3) is 0.647. The second kappa shape index (κ2) is 9.67. The van der Waals surface area contributed by atoms with Gasteiger partial charge in [-0.2, -0.15) is 11.3 Å². The molecule has 1 aromatic rings. The minimum atomic E-state index is -0.141. The van der Waals surface area contributed by atoms with E-state index in [0.29, 0.717) is 24.4 Å². The van der Waals surface area contributed by atoms with Crippen molar-refractivity contribution in [3.63, 3.8) is 0 Å². The number of hydrogen-bond acceptors (Lipinski definition) is 4. The molecular weight excluding hydrogens is 312 g/mol. The Labute approximate surface area is 141 Å². The van der Waals surface area contributed by atoms with Gasteiger partial charge in [0.05, 0.1) is 0 Å². The van der Waals surface area contributed by atoms with Crippen LogP contribution in [0.1, 0.15) is 55.3 Å². The van der Waals surface area contributed by atoms with Gasteiger partial charge < -0.3 is 15.7 Å². The maximum atomic E-state index is 12.1. The maximum Gasteiger partial charge on any atom is 0.252 e. The molecule has 1 saturated carbocycles. The molecule has 0 aliphatic heterocycles. The highest BCUT2D eigenvalue weighted by Gasteiger charge is 2.24. The van der Waals surface area contributed by atoms with Gasteiger partial charge in [0.2, 0.25) is 5.91 Å². The van der Waals surface area contributed by atoms with Gasteiger partial charge >= 0.3 is 0 Å². The molecule has 1 unspecified atom stereocenters. The standard InChI is InChI=1S/C17H26N2O3S/c20-10-7-15(13-4-2-1-3-5-13)19-16(21)6-9-18-17(22)14-8-11-23-12-14/h8,11-13,15,20H,1-7,9-10H2,(H,18,22)(H,19,21). The van der Waals surface area contributed by atoms with Crippen LogP contribution in [0.4, 0.5) is 0 Å². The normalized spacial score (nSPS) is 16.7. The van der Waals surface area contributed by atoms with Crippen molar-refractivity contribution in [2.45, 2.75) is 51.0 Å². The minimum Gasteiger partial charge on any atom is -0.396 e. The molecule has 1 fully saturated rings. The number of amides is 2. The molecule has 6 heteroatoms. The number of carbonyl (C=O) groups excluding carboxylic acids is 2. The van der Waals surface area contributed by atoms with E-state index in [0.717, 1.165) is 12.8 Å². The summed E-state index contributed by atoms with van der Waals surface area (Å²) in [6, 6.07) is 1.82. The summed E-state index contributed by atoms with van der Waals surface area (Å²) in [7, 11) is 0. The Morgan fingerprint density at radius 2 is 2.09 bits per heavy atom.